The van der Waals surface area contributed by atoms with Crippen LogP contribution in [0.1, 0.15) is 54.9 Å². The second-order valence-corrected chi connectivity index (χ2v) is 8.18. The Hall–Kier alpha value is -3.68. The molecule has 2 atom stereocenters. The highest BCUT2D eigenvalue weighted by Crippen LogP contribution is 2.37. The highest BCUT2D eigenvalue weighted by atomic mass is 16.5. The molecule has 2 aromatic rings. The van der Waals surface area contributed by atoms with E-state index in [1.54, 1.807) is 37.3 Å². The first kappa shape index (κ1) is 24.0. The zero-order valence-corrected chi connectivity index (χ0v) is 18.6. The van der Waals surface area contributed by atoms with E-state index in [1.165, 1.54) is 6.07 Å². The van der Waals surface area contributed by atoms with Gasteiger partial charge in [-0.2, -0.15) is 0 Å². The van der Waals surface area contributed by atoms with Crippen LogP contribution in [-0.2, 0) is 20.8 Å². The van der Waals surface area contributed by atoms with E-state index < -0.39 is 23.7 Å². The maximum Gasteiger partial charge on any atom is 0.310 e. The van der Waals surface area contributed by atoms with E-state index in [4.69, 9.17) is 16.2 Å². The van der Waals surface area contributed by atoms with E-state index in [9.17, 15) is 19.2 Å². The molecule has 0 saturated heterocycles. The highest BCUT2D eigenvalue weighted by molar-refractivity contribution is 6.00. The van der Waals surface area contributed by atoms with Gasteiger partial charge in [-0.05, 0) is 30.0 Å². The molecule has 5 N–H and O–H groups in total. The molecule has 0 spiro atoms. The summed E-state index contributed by atoms with van der Waals surface area (Å²) in [6.45, 7) is 1.64. The molecule has 1 aliphatic carbocycles. The predicted octanol–water partition coefficient (Wildman–Crippen LogP) is 2.47. The van der Waals surface area contributed by atoms with Gasteiger partial charge < -0.3 is 21.5 Å². The zero-order chi connectivity index (χ0) is 24.0. The Bertz CT molecular complexity index is 1050. The van der Waals surface area contributed by atoms with Crippen molar-refractivity contribution < 1.29 is 23.9 Å². The van der Waals surface area contributed by atoms with E-state index in [2.05, 4.69) is 5.32 Å². The quantitative estimate of drug-likeness (QED) is 0.417. The minimum absolute atomic E-state index is 0.0398. The molecule has 0 aliphatic heterocycles. The molecule has 0 radical (unpaired) electrons. The number of hydrogen-bond donors (Lipinski definition) is 3. The molecule has 3 amide bonds. The monoisotopic (exact) mass is 451 g/mol. The summed E-state index contributed by atoms with van der Waals surface area (Å²) in [4.78, 5) is 49.0. The molecule has 0 bridgehead atoms. The topological polar surface area (TPSA) is 142 Å². The number of nitrogens with one attached hydrogen (secondary N) is 1. The van der Waals surface area contributed by atoms with Gasteiger partial charge >= 0.3 is 5.97 Å². The van der Waals surface area contributed by atoms with Crippen molar-refractivity contribution >= 4 is 23.7 Å². The summed E-state index contributed by atoms with van der Waals surface area (Å²) in [5.74, 6) is -2.32. The standard InChI is InChI=1S/C25H29N3O5/c1-2-21(30)33-23-18(25(27)32)13-12-16(22(23)15-8-4-3-5-9-15)14-20(29)28-19-11-7-6-10-17(19)24(26)31/h3-5,8-9,12-13,17,19H,2,6-7,10-11,14H2,1H3,(H2,26,31)(H2,27,32)(H,28,29). The molecular weight excluding hydrogens is 422 g/mol. The van der Waals surface area contributed by atoms with Gasteiger partial charge in [0.15, 0.2) is 5.75 Å². The van der Waals surface area contributed by atoms with Crippen LogP contribution in [0.15, 0.2) is 42.5 Å². The Kier molecular flexibility index (Phi) is 7.82. The van der Waals surface area contributed by atoms with Crippen LogP contribution in [0.3, 0.4) is 0 Å². The van der Waals surface area contributed by atoms with Gasteiger partial charge in [-0.1, -0.05) is 56.2 Å². The van der Waals surface area contributed by atoms with Gasteiger partial charge in [-0.25, -0.2) is 0 Å². The third kappa shape index (κ3) is 5.77. The molecule has 1 saturated carbocycles. The fraction of sp³-hybridized carbons (Fsp3) is 0.360. The van der Waals surface area contributed by atoms with Crippen LogP contribution in [0.25, 0.3) is 11.1 Å². The van der Waals surface area contributed by atoms with Crippen molar-refractivity contribution in [2.45, 2.75) is 51.5 Å². The minimum Gasteiger partial charge on any atom is -0.425 e. The highest BCUT2D eigenvalue weighted by Gasteiger charge is 2.31. The van der Waals surface area contributed by atoms with Gasteiger partial charge in [0, 0.05) is 18.0 Å². The fourth-order valence-electron chi connectivity index (χ4n) is 4.25. The summed E-state index contributed by atoms with van der Waals surface area (Å²) in [6, 6.07) is 11.8. The smallest absolute Gasteiger partial charge is 0.310 e. The molecule has 3 rings (SSSR count). The normalized spacial score (nSPS) is 17.7. The van der Waals surface area contributed by atoms with Crippen molar-refractivity contribution in [3.8, 4) is 16.9 Å². The Morgan fingerprint density at radius 3 is 2.33 bits per heavy atom. The first-order valence-corrected chi connectivity index (χ1v) is 11.1. The molecule has 1 aliphatic rings. The van der Waals surface area contributed by atoms with Crippen molar-refractivity contribution in [2.75, 3.05) is 0 Å². The van der Waals surface area contributed by atoms with Gasteiger partial charge in [-0.3, -0.25) is 19.2 Å². The predicted molar refractivity (Wildman–Crippen MR) is 123 cm³/mol. The molecule has 1 fully saturated rings. The first-order valence-electron chi connectivity index (χ1n) is 11.1. The molecule has 8 nitrogen and oxygen atoms in total. The molecule has 33 heavy (non-hydrogen) atoms. The minimum atomic E-state index is -0.742. The number of nitrogens with two attached hydrogens (primary N) is 2. The van der Waals surface area contributed by atoms with Crippen molar-refractivity contribution in [2.24, 2.45) is 17.4 Å². The molecule has 2 aromatic carbocycles. The number of amides is 3. The van der Waals surface area contributed by atoms with E-state index >= 15 is 0 Å². The van der Waals surface area contributed by atoms with Crippen LogP contribution in [-0.4, -0.2) is 29.7 Å². The summed E-state index contributed by atoms with van der Waals surface area (Å²) in [7, 11) is 0. The lowest BCUT2D eigenvalue weighted by atomic mass is 9.84. The van der Waals surface area contributed by atoms with Crippen LogP contribution in [0.2, 0.25) is 0 Å². The van der Waals surface area contributed by atoms with Gasteiger partial charge in [0.25, 0.3) is 5.91 Å². The largest absolute Gasteiger partial charge is 0.425 e. The molecule has 0 aromatic heterocycles. The lowest BCUT2D eigenvalue weighted by Gasteiger charge is -2.30. The number of ether oxygens (including phenoxy) is 1. The second-order valence-electron chi connectivity index (χ2n) is 8.18. The Morgan fingerprint density at radius 2 is 1.70 bits per heavy atom. The third-order valence-electron chi connectivity index (χ3n) is 5.91. The fourth-order valence-corrected chi connectivity index (χ4v) is 4.25. The van der Waals surface area contributed by atoms with E-state index in [1.807, 2.05) is 6.07 Å². The number of primary amides is 2. The van der Waals surface area contributed by atoms with Crippen LogP contribution in [0.5, 0.6) is 5.75 Å². The van der Waals surface area contributed by atoms with E-state index in [-0.39, 0.29) is 36.1 Å². The summed E-state index contributed by atoms with van der Waals surface area (Å²) in [5.41, 5.74) is 12.8. The molecule has 8 heteroatoms. The van der Waals surface area contributed by atoms with Crippen LogP contribution in [0.4, 0.5) is 0 Å². The Morgan fingerprint density at radius 1 is 1.00 bits per heavy atom. The SMILES string of the molecule is CCC(=O)Oc1c(C(N)=O)ccc(CC(=O)NC2CCCCC2C(N)=O)c1-c1ccccc1. The summed E-state index contributed by atoms with van der Waals surface area (Å²) >= 11 is 0. The van der Waals surface area contributed by atoms with Gasteiger partial charge in [-0.15, -0.1) is 0 Å². The maximum absolute atomic E-state index is 13.0. The number of carbonyl (C=O) groups excluding carboxylic acids is 4. The summed E-state index contributed by atoms with van der Waals surface area (Å²) in [5, 5.41) is 2.95. The van der Waals surface area contributed by atoms with E-state index in [0.29, 0.717) is 29.5 Å². The number of carbonyl (C=O) groups is 4. The van der Waals surface area contributed by atoms with Gasteiger partial charge in [0.2, 0.25) is 11.8 Å². The zero-order valence-electron chi connectivity index (χ0n) is 18.6. The molecule has 174 valence electrons. The Balaban J connectivity index is 1.99. The molecule has 2 unspecified atom stereocenters. The number of hydrogen-bond acceptors (Lipinski definition) is 5. The molecular formula is C25H29N3O5. The third-order valence-corrected chi connectivity index (χ3v) is 5.91. The average molecular weight is 452 g/mol. The lowest BCUT2D eigenvalue weighted by Crippen LogP contribution is -2.47. The van der Waals surface area contributed by atoms with Crippen molar-refractivity contribution in [3.05, 3.63) is 53.6 Å². The van der Waals surface area contributed by atoms with Crippen LogP contribution < -0.4 is 21.5 Å². The van der Waals surface area contributed by atoms with Crippen molar-refractivity contribution in [1.29, 1.82) is 0 Å². The maximum atomic E-state index is 13.0. The number of rotatable bonds is 8. The Labute approximate surface area is 192 Å². The summed E-state index contributed by atoms with van der Waals surface area (Å²) < 4.78 is 5.53. The average Bonchev–Trinajstić information content (AvgIpc) is 2.79. The van der Waals surface area contributed by atoms with Gasteiger partial charge in [0.05, 0.1) is 17.9 Å². The first-order chi connectivity index (χ1) is 15.8. The van der Waals surface area contributed by atoms with Crippen molar-refractivity contribution in [1.82, 2.24) is 5.32 Å². The number of esters is 1. The number of benzene rings is 2. The van der Waals surface area contributed by atoms with Crippen molar-refractivity contribution in [3.63, 3.8) is 0 Å². The lowest BCUT2D eigenvalue weighted by molar-refractivity contribution is -0.134. The van der Waals surface area contributed by atoms with Crippen LogP contribution in [0, 0.1) is 5.92 Å². The molecule has 0 heterocycles. The van der Waals surface area contributed by atoms with Gasteiger partial charge in [0.1, 0.15) is 0 Å². The van der Waals surface area contributed by atoms with E-state index in [0.717, 1.165) is 12.8 Å². The summed E-state index contributed by atoms with van der Waals surface area (Å²) in [6.07, 6.45) is 3.22. The van der Waals surface area contributed by atoms with Crippen LogP contribution >= 0.6 is 0 Å². The second kappa shape index (κ2) is 10.8.